The Balaban J connectivity index is 2.28. The molecule has 2 N–H and O–H groups in total. The Morgan fingerprint density at radius 2 is 2.00 bits per heavy atom. The largest absolute Gasteiger partial charge is 0.334 e. The van der Waals surface area contributed by atoms with Gasteiger partial charge in [0, 0.05) is 5.56 Å². The predicted octanol–water partition coefficient (Wildman–Crippen LogP) is 2.45. The molecule has 2 rings (SSSR count). The standard InChI is InChI=1S/C12H15N3O/c1-3-10(13)11-14-12(16-15-11)9-6-4-8(2)5-7-9/h4-7,10H,3,13H2,1-2H3. The van der Waals surface area contributed by atoms with Gasteiger partial charge in [-0.1, -0.05) is 29.8 Å². The van der Waals surface area contributed by atoms with Gasteiger partial charge in [-0.25, -0.2) is 0 Å². The summed E-state index contributed by atoms with van der Waals surface area (Å²) in [4.78, 5) is 4.28. The van der Waals surface area contributed by atoms with E-state index in [0.29, 0.717) is 11.7 Å². The van der Waals surface area contributed by atoms with Crippen LogP contribution in [0.4, 0.5) is 0 Å². The van der Waals surface area contributed by atoms with E-state index >= 15 is 0 Å². The van der Waals surface area contributed by atoms with Crippen molar-refractivity contribution in [1.29, 1.82) is 0 Å². The van der Waals surface area contributed by atoms with E-state index in [1.807, 2.05) is 38.1 Å². The van der Waals surface area contributed by atoms with E-state index in [-0.39, 0.29) is 6.04 Å². The maximum atomic E-state index is 5.82. The van der Waals surface area contributed by atoms with Gasteiger partial charge in [0.2, 0.25) is 0 Å². The molecule has 0 fully saturated rings. The number of aromatic nitrogens is 2. The first-order valence-corrected chi connectivity index (χ1v) is 5.37. The van der Waals surface area contributed by atoms with Crippen LogP contribution in [0.15, 0.2) is 28.8 Å². The lowest BCUT2D eigenvalue weighted by Gasteiger charge is -1.99. The van der Waals surface area contributed by atoms with Gasteiger partial charge in [0.1, 0.15) is 0 Å². The van der Waals surface area contributed by atoms with E-state index < -0.39 is 0 Å². The lowest BCUT2D eigenvalue weighted by molar-refractivity contribution is 0.415. The third kappa shape index (κ3) is 2.12. The van der Waals surface area contributed by atoms with Gasteiger partial charge in [0.05, 0.1) is 6.04 Å². The van der Waals surface area contributed by atoms with Crippen molar-refractivity contribution in [2.75, 3.05) is 0 Å². The fourth-order valence-corrected chi connectivity index (χ4v) is 1.38. The molecule has 0 radical (unpaired) electrons. The molecule has 0 aliphatic carbocycles. The summed E-state index contributed by atoms with van der Waals surface area (Å²) in [5, 5.41) is 3.87. The Morgan fingerprint density at radius 3 is 2.62 bits per heavy atom. The molecule has 1 atom stereocenters. The second kappa shape index (κ2) is 4.45. The van der Waals surface area contributed by atoms with Crippen molar-refractivity contribution < 1.29 is 4.52 Å². The lowest BCUT2D eigenvalue weighted by atomic mass is 10.1. The van der Waals surface area contributed by atoms with Crippen molar-refractivity contribution in [2.24, 2.45) is 5.73 Å². The van der Waals surface area contributed by atoms with Crippen molar-refractivity contribution in [3.8, 4) is 11.5 Å². The molecule has 4 heteroatoms. The van der Waals surface area contributed by atoms with Crippen LogP contribution in [0.1, 0.15) is 30.8 Å². The second-order valence-electron chi connectivity index (χ2n) is 3.84. The molecule has 0 amide bonds. The van der Waals surface area contributed by atoms with Crippen molar-refractivity contribution >= 4 is 0 Å². The zero-order valence-corrected chi connectivity index (χ0v) is 9.47. The van der Waals surface area contributed by atoms with E-state index in [9.17, 15) is 0 Å². The minimum Gasteiger partial charge on any atom is -0.334 e. The molecule has 16 heavy (non-hydrogen) atoms. The first kappa shape index (κ1) is 10.8. The number of nitrogens with two attached hydrogens (primary N) is 1. The average Bonchev–Trinajstić information content (AvgIpc) is 2.78. The molecule has 1 aromatic heterocycles. The van der Waals surface area contributed by atoms with Crippen LogP contribution in [0.3, 0.4) is 0 Å². The average molecular weight is 217 g/mol. The number of hydrogen-bond donors (Lipinski definition) is 1. The minimum absolute atomic E-state index is 0.150. The van der Waals surface area contributed by atoms with E-state index in [2.05, 4.69) is 10.1 Å². The van der Waals surface area contributed by atoms with Gasteiger partial charge >= 0.3 is 0 Å². The summed E-state index contributed by atoms with van der Waals surface area (Å²) in [6.07, 6.45) is 0.798. The fraction of sp³-hybridized carbons (Fsp3) is 0.333. The van der Waals surface area contributed by atoms with Crippen LogP contribution in [0, 0.1) is 6.92 Å². The number of aryl methyl sites for hydroxylation is 1. The first-order chi connectivity index (χ1) is 7.70. The molecule has 0 saturated heterocycles. The molecule has 1 aromatic carbocycles. The molecule has 0 spiro atoms. The van der Waals surface area contributed by atoms with Crippen LogP contribution in [0.25, 0.3) is 11.5 Å². The van der Waals surface area contributed by atoms with Crippen LogP contribution in [-0.2, 0) is 0 Å². The fourth-order valence-electron chi connectivity index (χ4n) is 1.38. The van der Waals surface area contributed by atoms with Gasteiger partial charge in [0.15, 0.2) is 5.82 Å². The summed E-state index contributed by atoms with van der Waals surface area (Å²) in [5.74, 6) is 1.09. The summed E-state index contributed by atoms with van der Waals surface area (Å²) in [6.45, 7) is 4.03. The van der Waals surface area contributed by atoms with Crippen LogP contribution >= 0.6 is 0 Å². The highest BCUT2D eigenvalue weighted by Gasteiger charge is 2.13. The topological polar surface area (TPSA) is 64.9 Å². The highest BCUT2D eigenvalue weighted by molar-refractivity contribution is 5.53. The van der Waals surface area contributed by atoms with Gasteiger partial charge in [0.25, 0.3) is 5.89 Å². The van der Waals surface area contributed by atoms with E-state index in [1.54, 1.807) is 0 Å². The highest BCUT2D eigenvalue weighted by Crippen LogP contribution is 2.19. The van der Waals surface area contributed by atoms with Crippen molar-refractivity contribution in [1.82, 2.24) is 10.1 Å². The van der Waals surface area contributed by atoms with Crippen LogP contribution in [0.2, 0.25) is 0 Å². The van der Waals surface area contributed by atoms with Gasteiger partial charge in [-0.05, 0) is 25.5 Å². The molecule has 84 valence electrons. The molecule has 2 aromatic rings. The number of nitrogens with zero attached hydrogens (tertiary/aromatic N) is 2. The van der Waals surface area contributed by atoms with Gasteiger partial charge in [-0.3, -0.25) is 0 Å². The third-order valence-electron chi connectivity index (χ3n) is 2.51. The highest BCUT2D eigenvalue weighted by atomic mass is 16.5. The summed E-state index contributed by atoms with van der Waals surface area (Å²) >= 11 is 0. The quantitative estimate of drug-likeness (QED) is 0.857. The maximum absolute atomic E-state index is 5.82. The molecule has 1 heterocycles. The van der Waals surface area contributed by atoms with Crippen LogP contribution < -0.4 is 5.73 Å². The molecule has 0 bridgehead atoms. The van der Waals surface area contributed by atoms with Crippen LogP contribution in [0.5, 0.6) is 0 Å². The van der Waals surface area contributed by atoms with Crippen LogP contribution in [-0.4, -0.2) is 10.1 Å². The maximum Gasteiger partial charge on any atom is 0.257 e. The third-order valence-corrected chi connectivity index (χ3v) is 2.51. The van der Waals surface area contributed by atoms with Crippen molar-refractivity contribution in [3.05, 3.63) is 35.7 Å². The second-order valence-corrected chi connectivity index (χ2v) is 3.84. The van der Waals surface area contributed by atoms with Crippen molar-refractivity contribution in [3.63, 3.8) is 0 Å². The molecule has 4 nitrogen and oxygen atoms in total. The number of benzene rings is 1. The summed E-state index contributed by atoms with van der Waals surface area (Å²) in [7, 11) is 0. The van der Waals surface area contributed by atoms with E-state index in [1.165, 1.54) is 5.56 Å². The Kier molecular flexibility index (Phi) is 3.01. The minimum atomic E-state index is -0.150. The number of hydrogen-bond acceptors (Lipinski definition) is 4. The van der Waals surface area contributed by atoms with E-state index in [0.717, 1.165) is 12.0 Å². The smallest absolute Gasteiger partial charge is 0.257 e. The Hall–Kier alpha value is -1.68. The monoisotopic (exact) mass is 217 g/mol. The first-order valence-electron chi connectivity index (χ1n) is 5.37. The summed E-state index contributed by atoms with van der Waals surface area (Å²) in [5.41, 5.74) is 7.95. The zero-order valence-electron chi connectivity index (χ0n) is 9.47. The van der Waals surface area contributed by atoms with Crippen molar-refractivity contribution in [2.45, 2.75) is 26.3 Å². The molecule has 0 saturated carbocycles. The zero-order chi connectivity index (χ0) is 11.5. The molecule has 1 unspecified atom stereocenters. The van der Waals surface area contributed by atoms with E-state index in [4.69, 9.17) is 10.3 Å². The molecule has 0 aliphatic rings. The van der Waals surface area contributed by atoms with Gasteiger partial charge in [-0.15, -0.1) is 0 Å². The molecular weight excluding hydrogens is 202 g/mol. The summed E-state index contributed by atoms with van der Waals surface area (Å²) in [6, 6.07) is 7.80. The predicted molar refractivity (Wildman–Crippen MR) is 61.7 cm³/mol. The lowest BCUT2D eigenvalue weighted by Crippen LogP contribution is -2.10. The Bertz CT molecular complexity index is 461. The number of rotatable bonds is 3. The van der Waals surface area contributed by atoms with Gasteiger partial charge < -0.3 is 10.3 Å². The Labute approximate surface area is 94.5 Å². The summed E-state index contributed by atoms with van der Waals surface area (Å²) < 4.78 is 5.17. The normalized spacial score (nSPS) is 12.7. The van der Waals surface area contributed by atoms with Gasteiger partial charge in [-0.2, -0.15) is 4.98 Å². The molecular formula is C12H15N3O. The Morgan fingerprint density at radius 1 is 1.31 bits per heavy atom. The molecule has 0 aliphatic heterocycles. The SMILES string of the molecule is CCC(N)c1noc(-c2ccc(C)cc2)n1.